The molecule has 0 aromatic rings. The zero-order valence-corrected chi connectivity index (χ0v) is 9.58. The normalized spacial score (nSPS) is 19.8. The Morgan fingerprint density at radius 3 is 2.43 bits per heavy atom. The van der Waals surface area contributed by atoms with Gasteiger partial charge in [0, 0.05) is 12.6 Å². The quantitative estimate of drug-likeness (QED) is 0.734. The number of hydrogen-bond acceptors (Lipinski definition) is 2. The third-order valence-electron chi connectivity index (χ3n) is 3.22. The molecule has 0 spiro atoms. The summed E-state index contributed by atoms with van der Waals surface area (Å²) in [4.78, 5) is 13.1. The van der Waals surface area contributed by atoms with Gasteiger partial charge in [-0.25, -0.2) is 0 Å². The zero-order chi connectivity index (χ0) is 10.9. The first-order chi connectivity index (χ1) is 6.34. The summed E-state index contributed by atoms with van der Waals surface area (Å²) in [6.07, 6.45) is 2.61. The maximum absolute atomic E-state index is 10.9. The van der Waals surface area contributed by atoms with Crippen molar-refractivity contribution >= 4 is 5.97 Å². The van der Waals surface area contributed by atoms with E-state index in [0.29, 0.717) is 12.6 Å². The van der Waals surface area contributed by atoms with E-state index < -0.39 is 11.4 Å². The van der Waals surface area contributed by atoms with E-state index in [2.05, 4.69) is 11.8 Å². The minimum atomic E-state index is -0.715. The fraction of sp³-hybridized carbons (Fsp3) is 0.909. The Balaban J connectivity index is 2.45. The topological polar surface area (TPSA) is 40.5 Å². The molecular weight excluding hydrogens is 178 g/mol. The summed E-state index contributed by atoms with van der Waals surface area (Å²) >= 11 is 0. The lowest BCUT2D eigenvalue weighted by atomic mass is 9.92. The van der Waals surface area contributed by atoms with Gasteiger partial charge < -0.3 is 10.0 Å². The highest BCUT2D eigenvalue weighted by Gasteiger charge is 2.35. The van der Waals surface area contributed by atoms with E-state index in [9.17, 15) is 4.79 Å². The molecule has 0 radical (unpaired) electrons. The largest absolute Gasteiger partial charge is 0.481 e. The first kappa shape index (κ1) is 11.5. The molecule has 1 unspecified atom stereocenters. The number of carbonyl (C=O) groups is 1. The molecule has 0 amide bonds. The van der Waals surface area contributed by atoms with Crippen molar-refractivity contribution in [1.82, 2.24) is 4.90 Å². The molecule has 14 heavy (non-hydrogen) atoms. The summed E-state index contributed by atoms with van der Waals surface area (Å²) in [5.74, 6) is 0.0805. The minimum Gasteiger partial charge on any atom is -0.481 e. The molecule has 1 atom stereocenters. The average Bonchev–Trinajstić information content (AvgIpc) is 2.84. The summed E-state index contributed by atoms with van der Waals surface area (Å²) in [6, 6.07) is 0.522. The van der Waals surface area contributed by atoms with Crippen molar-refractivity contribution in [2.45, 2.75) is 39.7 Å². The van der Waals surface area contributed by atoms with Gasteiger partial charge in [-0.2, -0.15) is 0 Å². The van der Waals surface area contributed by atoms with Gasteiger partial charge in [0.2, 0.25) is 0 Å². The van der Waals surface area contributed by atoms with Crippen LogP contribution in [0.15, 0.2) is 0 Å². The van der Waals surface area contributed by atoms with Gasteiger partial charge in [-0.05, 0) is 46.6 Å². The molecule has 1 aliphatic rings. The second kappa shape index (κ2) is 3.89. The van der Waals surface area contributed by atoms with Crippen LogP contribution in [0.25, 0.3) is 0 Å². The fourth-order valence-electron chi connectivity index (χ4n) is 1.77. The van der Waals surface area contributed by atoms with Crippen molar-refractivity contribution in [1.29, 1.82) is 0 Å². The van der Waals surface area contributed by atoms with Gasteiger partial charge in [-0.3, -0.25) is 4.79 Å². The van der Waals surface area contributed by atoms with Crippen molar-refractivity contribution in [2.75, 3.05) is 13.6 Å². The number of nitrogens with zero attached hydrogens (tertiary/aromatic N) is 1. The molecule has 1 rings (SSSR count). The Bertz CT molecular complexity index is 221. The lowest BCUT2D eigenvalue weighted by Crippen LogP contribution is -2.42. The highest BCUT2D eigenvalue weighted by Crippen LogP contribution is 2.35. The summed E-state index contributed by atoms with van der Waals surface area (Å²) < 4.78 is 0. The molecule has 82 valence electrons. The lowest BCUT2D eigenvalue weighted by Gasteiger charge is -2.31. The van der Waals surface area contributed by atoms with Crippen LogP contribution >= 0.6 is 0 Å². The first-order valence-electron chi connectivity index (χ1n) is 5.28. The van der Waals surface area contributed by atoms with E-state index in [1.54, 1.807) is 13.8 Å². The number of carboxylic acids is 1. The molecule has 0 aromatic carbocycles. The van der Waals surface area contributed by atoms with E-state index in [0.717, 1.165) is 5.92 Å². The van der Waals surface area contributed by atoms with Crippen molar-refractivity contribution in [3.05, 3.63) is 0 Å². The number of rotatable bonds is 5. The van der Waals surface area contributed by atoms with E-state index in [1.165, 1.54) is 12.8 Å². The first-order valence-corrected chi connectivity index (χ1v) is 5.28. The van der Waals surface area contributed by atoms with E-state index in [1.807, 2.05) is 7.05 Å². The number of aliphatic carboxylic acids is 1. The standard InChI is InChI=1S/C11H21NO2/c1-8(9-5-6-9)12(4)7-11(2,3)10(13)14/h8-9H,5-7H2,1-4H3,(H,13,14). The molecule has 0 aliphatic heterocycles. The fourth-order valence-corrected chi connectivity index (χ4v) is 1.77. The van der Waals surface area contributed by atoms with Crippen molar-refractivity contribution < 1.29 is 9.90 Å². The molecule has 0 heterocycles. The molecule has 3 heteroatoms. The maximum Gasteiger partial charge on any atom is 0.310 e. The highest BCUT2D eigenvalue weighted by atomic mass is 16.4. The van der Waals surface area contributed by atoms with Crippen LogP contribution in [0, 0.1) is 11.3 Å². The van der Waals surface area contributed by atoms with Gasteiger partial charge in [0.25, 0.3) is 0 Å². The van der Waals surface area contributed by atoms with Crippen LogP contribution in [-0.2, 0) is 4.79 Å². The van der Waals surface area contributed by atoms with Crippen LogP contribution in [0.1, 0.15) is 33.6 Å². The highest BCUT2D eigenvalue weighted by molar-refractivity contribution is 5.73. The molecule has 1 N–H and O–H groups in total. The monoisotopic (exact) mass is 199 g/mol. The van der Waals surface area contributed by atoms with Crippen LogP contribution in [0.4, 0.5) is 0 Å². The molecule has 0 bridgehead atoms. The minimum absolute atomic E-state index is 0.522. The smallest absolute Gasteiger partial charge is 0.310 e. The zero-order valence-electron chi connectivity index (χ0n) is 9.58. The van der Waals surface area contributed by atoms with Crippen molar-refractivity contribution in [3.8, 4) is 0 Å². The molecule has 1 saturated carbocycles. The molecule has 1 fully saturated rings. The van der Waals surface area contributed by atoms with Gasteiger partial charge in [0.05, 0.1) is 5.41 Å². The molecule has 3 nitrogen and oxygen atoms in total. The Hall–Kier alpha value is -0.570. The van der Waals surface area contributed by atoms with Gasteiger partial charge in [0.1, 0.15) is 0 Å². The second-order valence-corrected chi connectivity index (χ2v) is 5.18. The predicted molar refractivity (Wildman–Crippen MR) is 56.2 cm³/mol. The third-order valence-corrected chi connectivity index (χ3v) is 3.22. The van der Waals surface area contributed by atoms with E-state index in [4.69, 9.17) is 5.11 Å². The maximum atomic E-state index is 10.9. The summed E-state index contributed by atoms with van der Waals surface area (Å²) in [6.45, 7) is 6.38. The summed E-state index contributed by atoms with van der Waals surface area (Å²) in [5, 5.41) is 9.00. The average molecular weight is 199 g/mol. The Kier molecular flexibility index (Phi) is 3.20. The molecule has 0 saturated heterocycles. The van der Waals surface area contributed by atoms with Crippen molar-refractivity contribution in [3.63, 3.8) is 0 Å². The van der Waals surface area contributed by atoms with Crippen LogP contribution < -0.4 is 0 Å². The van der Waals surface area contributed by atoms with Crippen LogP contribution in [0.3, 0.4) is 0 Å². The summed E-state index contributed by atoms with van der Waals surface area (Å²) in [7, 11) is 2.02. The SMILES string of the molecule is CC(C1CC1)N(C)CC(C)(C)C(=O)O. The van der Waals surface area contributed by atoms with Gasteiger partial charge in [0.15, 0.2) is 0 Å². The van der Waals surface area contributed by atoms with Crippen LogP contribution in [0.2, 0.25) is 0 Å². The molecule has 1 aliphatic carbocycles. The summed E-state index contributed by atoms with van der Waals surface area (Å²) in [5.41, 5.74) is -0.641. The Labute approximate surface area is 86.1 Å². The van der Waals surface area contributed by atoms with Crippen LogP contribution in [-0.4, -0.2) is 35.6 Å². The Morgan fingerprint density at radius 2 is 2.07 bits per heavy atom. The number of hydrogen-bond donors (Lipinski definition) is 1. The molecule has 0 aromatic heterocycles. The third kappa shape index (κ3) is 2.71. The van der Waals surface area contributed by atoms with Gasteiger partial charge in [-0.1, -0.05) is 0 Å². The van der Waals surface area contributed by atoms with Gasteiger partial charge >= 0.3 is 5.97 Å². The van der Waals surface area contributed by atoms with E-state index in [-0.39, 0.29) is 0 Å². The van der Waals surface area contributed by atoms with Gasteiger partial charge in [-0.15, -0.1) is 0 Å². The Morgan fingerprint density at radius 1 is 1.57 bits per heavy atom. The number of carboxylic acid groups (broad SMARTS) is 1. The predicted octanol–water partition coefficient (Wildman–Crippen LogP) is 1.83. The van der Waals surface area contributed by atoms with E-state index >= 15 is 0 Å². The second-order valence-electron chi connectivity index (χ2n) is 5.18. The van der Waals surface area contributed by atoms with Crippen LogP contribution in [0.5, 0.6) is 0 Å². The van der Waals surface area contributed by atoms with Crippen molar-refractivity contribution in [2.24, 2.45) is 11.3 Å². The molecular formula is C11H21NO2. The lowest BCUT2D eigenvalue weighted by molar-refractivity contribution is -0.148.